The van der Waals surface area contributed by atoms with Gasteiger partial charge in [0.15, 0.2) is 0 Å². The molecule has 0 saturated carbocycles. The minimum atomic E-state index is 0.494. The van der Waals surface area contributed by atoms with Crippen molar-refractivity contribution in [3.63, 3.8) is 0 Å². The van der Waals surface area contributed by atoms with Gasteiger partial charge in [0, 0.05) is 57.0 Å². The number of benzene rings is 6. The second kappa shape index (κ2) is 16.3. The normalized spacial score (nSPS) is 11.3. The van der Waals surface area contributed by atoms with E-state index in [1.54, 1.807) is 6.20 Å². The molecular weight excluding hydrogens is 639 g/mol. The first-order chi connectivity index (χ1) is 25.5. The number of nitrogens with zero attached hydrogens (tertiary/aromatic N) is 2. The molecule has 0 aliphatic heterocycles. The van der Waals surface area contributed by atoms with Crippen LogP contribution in [0, 0.1) is 5.41 Å². The Balaban J connectivity index is 0.00000150. The molecule has 6 aromatic carbocycles. The van der Waals surface area contributed by atoms with Crippen LogP contribution >= 0.6 is 0 Å². The summed E-state index contributed by atoms with van der Waals surface area (Å²) < 4.78 is 2.35. The summed E-state index contributed by atoms with van der Waals surface area (Å²) in [4.78, 5) is 2.29. The third kappa shape index (κ3) is 7.07. The van der Waals surface area contributed by atoms with Gasteiger partial charge < -0.3 is 32.0 Å². The van der Waals surface area contributed by atoms with Gasteiger partial charge in [0.1, 0.15) is 0 Å². The van der Waals surface area contributed by atoms with Gasteiger partial charge in [-0.25, -0.2) is 0 Å². The molecule has 1 heterocycles. The average molecular weight is 682 g/mol. The Hall–Kier alpha value is -6.83. The summed E-state index contributed by atoms with van der Waals surface area (Å²) >= 11 is 0. The summed E-state index contributed by atoms with van der Waals surface area (Å²) in [5.41, 5.74) is 28.9. The molecule has 0 amide bonds. The highest BCUT2D eigenvalue weighted by atomic mass is 15.1. The maximum atomic E-state index is 5.98. The molecule has 0 aliphatic rings. The van der Waals surface area contributed by atoms with E-state index in [4.69, 9.17) is 16.9 Å². The zero-order chi connectivity index (χ0) is 36.5. The molecule has 8 N–H and O–H groups in total. The van der Waals surface area contributed by atoms with Gasteiger partial charge in [0.05, 0.1) is 17.4 Å². The minimum absolute atomic E-state index is 0.494. The van der Waals surface area contributed by atoms with Gasteiger partial charge in [0.25, 0.3) is 0 Å². The van der Waals surface area contributed by atoms with E-state index >= 15 is 0 Å². The van der Waals surface area contributed by atoms with Crippen molar-refractivity contribution >= 4 is 68.2 Å². The van der Waals surface area contributed by atoms with Crippen molar-refractivity contribution in [2.24, 2.45) is 17.2 Å². The second-order valence-corrected chi connectivity index (χ2v) is 12.0. The predicted molar refractivity (Wildman–Crippen MR) is 223 cm³/mol. The van der Waals surface area contributed by atoms with E-state index in [1.807, 2.05) is 37.3 Å². The molecule has 0 unspecified atom stereocenters. The summed E-state index contributed by atoms with van der Waals surface area (Å²) in [6, 6.07) is 49.0. The first-order valence-electron chi connectivity index (χ1n) is 17.1. The fourth-order valence-electron chi connectivity index (χ4n) is 6.59. The molecular formula is C45H43N7. The van der Waals surface area contributed by atoms with E-state index in [-0.39, 0.29) is 0 Å². The molecule has 0 aliphatic carbocycles. The molecule has 258 valence electrons. The summed E-state index contributed by atoms with van der Waals surface area (Å²) in [7, 11) is 0. The Labute approximate surface area is 305 Å². The van der Waals surface area contributed by atoms with E-state index in [2.05, 4.69) is 154 Å². The van der Waals surface area contributed by atoms with E-state index in [1.165, 1.54) is 0 Å². The molecule has 7 heteroatoms. The van der Waals surface area contributed by atoms with E-state index in [0.29, 0.717) is 6.54 Å². The van der Waals surface area contributed by atoms with Gasteiger partial charge in [-0.15, -0.1) is 0 Å². The van der Waals surface area contributed by atoms with Crippen LogP contribution in [0.25, 0.3) is 39.1 Å². The largest absolute Gasteiger partial charge is 0.405 e. The molecule has 0 bridgehead atoms. The molecule has 0 saturated heterocycles. The Kier molecular flexibility index (Phi) is 10.9. The number of aromatic nitrogens is 1. The number of anilines is 5. The number of rotatable bonds is 10. The van der Waals surface area contributed by atoms with Gasteiger partial charge >= 0.3 is 0 Å². The van der Waals surface area contributed by atoms with Gasteiger partial charge in [-0.1, -0.05) is 85.5 Å². The van der Waals surface area contributed by atoms with E-state index in [0.717, 1.165) is 84.5 Å². The van der Waals surface area contributed by atoms with Crippen LogP contribution < -0.4 is 27.4 Å². The van der Waals surface area contributed by atoms with Crippen molar-refractivity contribution in [2.45, 2.75) is 13.5 Å². The van der Waals surface area contributed by atoms with Crippen LogP contribution in [0.5, 0.6) is 0 Å². The van der Waals surface area contributed by atoms with Crippen molar-refractivity contribution < 1.29 is 0 Å². The maximum absolute atomic E-state index is 5.98. The molecule has 0 atom stereocenters. The van der Waals surface area contributed by atoms with E-state index in [9.17, 15) is 0 Å². The first kappa shape index (κ1) is 35.0. The SMILES string of the molecule is C=Cc1c(Nc2ccccc2)ccc2c3cc(N(c4ccc(CN)cc4)c4ccc(C(/C=C\N)=C/C)cc4)ccc3n(-c3ccccc3)c12.N=CN. The predicted octanol–water partition coefficient (Wildman–Crippen LogP) is 10.5. The molecule has 7 aromatic rings. The lowest BCUT2D eigenvalue weighted by Crippen LogP contribution is -2.10. The molecule has 52 heavy (non-hydrogen) atoms. The highest BCUT2D eigenvalue weighted by Crippen LogP contribution is 2.42. The van der Waals surface area contributed by atoms with Crippen LogP contribution in [-0.4, -0.2) is 10.9 Å². The zero-order valence-electron chi connectivity index (χ0n) is 29.2. The molecule has 0 radical (unpaired) electrons. The Morgan fingerprint density at radius 1 is 0.769 bits per heavy atom. The number of para-hydroxylation sites is 2. The number of fused-ring (bicyclic) bond motifs is 3. The van der Waals surface area contributed by atoms with Crippen molar-refractivity contribution in [3.8, 4) is 5.69 Å². The van der Waals surface area contributed by atoms with Crippen molar-refractivity contribution in [3.05, 3.63) is 181 Å². The Morgan fingerprint density at radius 3 is 1.98 bits per heavy atom. The standard InChI is InChI=1S/C44H39N5.CH4N2/c1-3-32(27-28-45)33-17-21-37(22-18-33)48(36-19-15-31(30-46)16-20-36)38-23-26-43-41(29-38)40-24-25-42(47-34-11-7-5-8-12-34)39(4-2)44(40)49(43)35-13-9-6-10-14-35;2-1-3/h3-29,47H,2,30,45-46H2,1H3;1H,(H3,2,3)/b28-27-,32-3+;. The van der Waals surface area contributed by atoms with Crippen LogP contribution in [0.3, 0.4) is 0 Å². The molecule has 0 fully saturated rings. The highest BCUT2D eigenvalue weighted by molar-refractivity contribution is 6.14. The summed E-state index contributed by atoms with van der Waals surface area (Å²) in [5, 5.41) is 11.8. The highest BCUT2D eigenvalue weighted by Gasteiger charge is 2.20. The van der Waals surface area contributed by atoms with Crippen molar-refractivity contribution in [2.75, 3.05) is 10.2 Å². The number of hydrogen-bond acceptors (Lipinski definition) is 5. The van der Waals surface area contributed by atoms with E-state index < -0.39 is 0 Å². The zero-order valence-corrected chi connectivity index (χ0v) is 29.2. The lowest BCUT2D eigenvalue weighted by atomic mass is 10.0. The van der Waals surface area contributed by atoms with Crippen molar-refractivity contribution in [1.82, 2.24) is 4.57 Å². The number of hydrogen-bond donors (Lipinski definition) is 5. The fraction of sp³-hybridized carbons (Fsp3) is 0.0444. The van der Waals surface area contributed by atoms with Crippen molar-refractivity contribution in [1.29, 1.82) is 5.41 Å². The lowest BCUT2D eigenvalue weighted by molar-refractivity contribution is 1.07. The maximum Gasteiger partial charge on any atom is 0.0765 e. The van der Waals surface area contributed by atoms with Crippen LogP contribution in [0.2, 0.25) is 0 Å². The fourth-order valence-corrected chi connectivity index (χ4v) is 6.59. The average Bonchev–Trinajstić information content (AvgIpc) is 3.52. The topological polar surface area (TPSA) is 122 Å². The number of nitrogens with one attached hydrogen (secondary N) is 2. The summed E-state index contributed by atoms with van der Waals surface area (Å²) in [5.74, 6) is 0. The third-order valence-corrected chi connectivity index (χ3v) is 8.96. The van der Waals surface area contributed by atoms with Crippen LogP contribution in [0.4, 0.5) is 28.4 Å². The number of allylic oxidation sites excluding steroid dienone is 3. The van der Waals surface area contributed by atoms with Crippen LogP contribution in [0.15, 0.2) is 164 Å². The van der Waals surface area contributed by atoms with Crippen LogP contribution in [-0.2, 0) is 6.54 Å². The Morgan fingerprint density at radius 2 is 1.38 bits per heavy atom. The third-order valence-electron chi connectivity index (χ3n) is 8.96. The monoisotopic (exact) mass is 681 g/mol. The molecule has 7 rings (SSSR count). The smallest absolute Gasteiger partial charge is 0.0765 e. The number of nitrogens with two attached hydrogens (primary N) is 3. The minimum Gasteiger partial charge on any atom is -0.405 e. The molecule has 1 aromatic heterocycles. The quantitative estimate of drug-likeness (QED) is 0.0559. The summed E-state index contributed by atoms with van der Waals surface area (Å²) in [6.07, 6.45) is 8.27. The van der Waals surface area contributed by atoms with Gasteiger partial charge in [-0.2, -0.15) is 0 Å². The second-order valence-electron chi connectivity index (χ2n) is 12.0. The lowest BCUT2D eigenvalue weighted by Gasteiger charge is -2.26. The van der Waals surface area contributed by atoms with Gasteiger partial charge in [-0.3, -0.25) is 5.41 Å². The summed E-state index contributed by atoms with van der Waals surface area (Å²) in [6.45, 7) is 6.79. The van der Waals surface area contributed by atoms with Crippen LogP contribution in [0.1, 0.15) is 23.6 Å². The molecule has 7 nitrogen and oxygen atoms in total. The molecule has 0 spiro atoms. The first-order valence-corrected chi connectivity index (χ1v) is 17.1. The van der Waals surface area contributed by atoms with Gasteiger partial charge in [-0.05, 0) is 109 Å². The van der Waals surface area contributed by atoms with Gasteiger partial charge in [0.2, 0.25) is 0 Å². The Bertz CT molecular complexity index is 2350.